The first-order valence-electron chi connectivity index (χ1n) is 11.4. The fourth-order valence-electron chi connectivity index (χ4n) is 5.09. The number of aliphatic imine (C=N–C) groups is 1. The number of carboxylic acid groups (broad SMARTS) is 1. The van der Waals surface area contributed by atoms with Crippen LogP contribution in [-0.2, 0) is 4.79 Å². The summed E-state index contributed by atoms with van der Waals surface area (Å²) in [5.74, 6) is -1.42. The summed E-state index contributed by atoms with van der Waals surface area (Å²) in [5, 5.41) is 13.7. The van der Waals surface area contributed by atoms with E-state index in [0.717, 1.165) is 31.2 Å². The number of benzene rings is 2. The topological polar surface area (TPSA) is 96.6 Å². The van der Waals surface area contributed by atoms with Crippen LogP contribution in [0.15, 0.2) is 70.5 Å². The third-order valence-electron chi connectivity index (χ3n) is 6.62. The van der Waals surface area contributed by atoms with Crippen LogP contribution < -0.4 is 11.0 Å². The van der Waals surface area contributed by atoms with Crippen molar-refractivity contribution in [1.82, 2.24) is 9.55 Å². The number of hydrogen-bond donors (Lipinski definition) is 2. The van der Waals surface area contributed by atoms with Crippen LogP contribution in [0.2, 0.25) is 0 Å². The molecule has 33 heavy (non-hydrogen) atoms. The molecule has 0 bridgehead atoms. The summed E-state index contributed by atoms with van der Waals surface area (Å²) < 4.78 is 1.49. The van der Waals surface area contributed by atoms with E-state index in [9.17, 15) is 14.7 Å². The highest BCUT2D eigenvalue weighted by Crippen LogP contribution is 2.46. The Kier molecular flexibility index (Phi) is 5.54. The average molecular weight is 443 g/mol. The molecule has 2 N–H and O–H groups in total. The average Bonchev–Trinajstić information content (AvgIpc) is 3.32. The maximum Gasteiger partial charge on any atom is 0.355 e. The fourth-order valence-corrected chi connectivity index (χ4v) is 5.09. The van der Waals surface area contributed by atoms with E-state index in [-0.39, 0.29) is 6.04 Å². The Labute approximate surface area is 191 Å². The van der Waals surface area contributed by atoms with Gasteiger partial charge < -0.3 is 10.4 Å². The molecule has 0 saturated heterocycles. The molecule has 2 heterocycles. The second-order valence-corrected chi connectivity index (χ2v) is 8.73. The van der Waals surface area contributed by atoms with Crippen molar-refractivity contribution in [3.63, 3.8) is 0 Å². The van der Waals surface area contributed by atoms with Crippen LogP contribution in [0.4, 0.5) is 11.6 Å². The number of rotatable bonds is 5. The van der Waals surface area contributed by atoms with E-state index < -0.39 is 23.5 Å². The van der Waals surface area contributed by atoms with Crippen molar-refractivity contribution >= 4 is 23.3 Å². The number of carbonyl (C=O) groups is 1. The van der Waals surface area contributed by atoms with E-state index in [4.69, 9.17) is 4.99 Å². The minimum Gasteiger partial charge on any atom is -0.481 e. The molecule has 0 radical (unpaired) electrons. The predicted molar refractivity (Wildman–Crippen MR) is 128 cm³/mol. The van der Waals surface area contributed by atoms with Gasteiger partial charge in [0.25, 0.3) is 0 Å². The summed E-state index contributed by atoms with van der Waals surface area (Å²) in [7, 11) is 0. The Hall–Kier alpha value is -3.74. The minimum atomic E-state index is -0.944. The van der Waals surface area contributed by atoms with Gasteiger partial charge in [-0.25, -0.2) is 14.4 Å². The lowest BCUT2D eigenvalue weighted by molar-refractivity contribution is -0.139. The van der Waals surface area contributed by atoms with Crippen molar-refractivity contribution in [3.05, 3.63) is 82.3 Å². The Morgan fingerprint density at radius 1 is 1.03 bits per heavy atom. The third kappa shape index (κ3) is 3.84. The molecule has 7 nitrogen and oxygen atoms in total. The molecule has 2 atom stereocenters. The molecule has 1 saturated carbocycles. The van der Waals surface area contributed by atoms with Gasteiger partial charge in [-0.2, -0.15) is 4.98 Å². The largest absolute Gasteiger partial charge is 0.481 e. The number of nitrogens with one attached hydrogen (secondary N) is 1. The van der Waals surface area contributed by atoms with Crippen molar-refractivity contribution in [2.24, 2.45) is 10.9 Å². The van der Waals surface area contributed by atoms with Crippen LogP contribution in [0, 0.1) is 5.92 Å². The van der Waals surface area contributed by atoms with Crippen LogP contribution >= 0.6 is 0 Å². The molecule has 1 aliphatic carbocycles. The minimum absolute atomic E-state index is 0.209. The molecule has 2 aromatic carbocycles. The molecule has 7 heteroatoms. The molecule has 0 spiro atoms. The highest BCUT2D eigenvalue weighted by atomic mass is 16.4. The summed E-state index contributed by atoms with van der Waals surface area (Å²) in [6, 6.07) is 19.0. The van der Waals surface area contributed by atoms with Gasteiger partial charge in [0.1, 0.15) is 17.6 Å². The van der Waals surface area contributed by atoms with Crippen molar-refractivity contribution in [2.75, 3.05) is 5.32 Å². The van der Waals surface area contributed by atoms with Crippen molar-refractivity contribution in [1.29, 1.82) is 0 Å². The monoisotopic (exact) mass is 442 g/mol. The molecule has 1 aliphatic heterocycles. The standard InChI is InChI=1S/C26H26N4O3/c1-16-20(25(31)32)21(17-10-4-2-5-11-17)22-23(28-18-12-8-9-13-18)29-26(33)30(24(22)27-16)19-14-6-3-7-15-19/h2-7,10-11,14-15,18,20-21H,8-9,12-13H2,1H3,(H,31,32)(H,28,29,33). The summed E-state index contributed by atoms with van der Waals surface area (Å²) in [5.41, 5.74) is 2.20. The number of carboxylic acids is 1. The SMILES string of the molecule is CC1=Nc2c(c(NC3CCCC3)nc(=O)n2-c2ccccc2)C(c2ccccc2)C1C(=O)O. The fraction of sp³-hybridized carbons (Fsp3) is 0.308. The molecule has 168 valence electrons. The number of fused-ring (bicyclic) bond motifs is 1. The van der Waals surface area contributed by atoms with Gasteiger partial charge in [0.2, 0.25) is 0 Å². The molecule has 1 fully saturated rings. The third-order valence-corrected chi connectivity index (χ3v) is 6.62. The van der Waals surface area contributed by atoms with Gasteiger partial charge in [-0.1, -0.05) is 61.4 Å². The van der Waals surface area contributed by atoms with Crippen LogP contribution in [0.1, 0.15) is 49.7 Å². The highest BCUT2D eigenvalue weighted by Gasteiger charge is 2.41. The van der Waals surface area contributed by atoms with E-state index >= 15 is 0 Å². The summed E-state index contributed by atoms with van der Waals surface area (Å²) in [4.78, 5) is 34.9. The van der Waals surface area contributed by atoms with Gasteiger partial charge in [0.05, 0.1) is 5.69 Å². The van der Waals surface area contributed by atoms with E-state index in [2.05, 4.69) is 10.3 Å². The normalized spacial score (nSPS) is 20.2. The second kappa shape index (κ2) is 8.65. The smallest absolute Gasteiger partial charge is 0.355 e. The number of aromatic nitrogens is 2. The second-order valence-electron chi connectivity index (χ2n) is 8.73. The van der Waals surface area contributed by atoms with Crippen LogP contribution in [0.25, 0.3) is 5.69 Å². The lowest BCUT2D eigenvalue weighted by Crippen LogP contribution is -2.36. The first-order valence-corrected chi connectivity index (χ1v) is 11.4. The zero-order valence-electron chi connectivity index (χ0n) is 18.4. The molecular weight excluding hydrogens is 416 g/mol. The Morgan fingerprint density at radius 2 is 1.67 bits per heavy atom. The van der Waals surface area contributed by atoms with Crippen LogP contribution in [-0.4, -0.2) is 32.4 Å². The molecule has 0 amide bonds. The number of hydrogen-bond acceptors (Lipinski definition) is 5. The van der Waals surface area contributed by atoms with E-state index in [1.807, 2.05) is 60.7 Å². The Bertz CT molecular complexity index is 1260. The van der Waals surface area contributed by atoms with Gasteiger partial charge in [-0.05, 0) is 37.5 Å². The number of nitrogens with zero attached hydrogens (tertiary/aromatic N) is 3. The number of para-hydroxylation sites is 1. The van der Waals surface area contributed by atoms with Gasteiger partial charge in [0.15, 0.2) is 0 Å². The maximum atomic E-state index is 13.3. The van der Waals surface area contributed by atoms with Crippen molar-refractivity contribution in [3.8, 4) is 5.69 Å². The van der Waals surface area contributed by atoms with E-state index in [0.29, 0.717) is 28.6 Å². The Balaban J connectivity index is 1.81. The van der Waals surface area contributed by atoms with Crippen LogP contribution in [0.3, 0.4) is 0 Å². The molecule has 5 rings (SSSR count). The predicted octanol–water partition coefficient (Wildman–Crippen LogP) is 4.53. The summed E-state index contributed by atoms with van der Waals surface area (Å²) in [6.45, 7) is 1.72. The maximum absolute atomic E-state index is 13.3. The van der Waals surface area contributed by atoms with E-state index in [1.54, 1.807) is 6.92 Å². The summed E-state index contributed by atoms with van der Waals surface area (Å²) in [6.07, 6.45) is 4.24. The van der Waals surface area contributed by atoms with Crippen molar-refractivity contribution in [2.45, 2.75) is 44.6 Å². The first-order chi connectivity index (χ1) is 16.0. The quantitative estimate of drug-likeness (QED) is 0.605. The number of anilines is 1. The van der Waals surface area contributed by atoms with Crippen molar-refractivity contribution < 1.29 is 9.90 Å². The zero-order chi connectivity index (χ0) is 22.9. The lowest BCUT2D eigenvalue weighted by Gasteiger charge is -2.33. The molecule has 2 unspecified atom stereocenters. The summed E-state index contributed by atoms with van der Waals surface area (Å²) >= 11 is 0. The molecule has 1 aromatic heterocycles. The first kappa shape index (κ1) is 21.1. The number of aliphatic carboxylic acids is 1. The van der Waals surface area contributed by atoms with Gasteiger partial charge in [-0.3, -0.25) is 4.79 Å². The molecule has 2 aliphatic rings. The van der Waals surface area contributed by atoms with Gasteiger partial charge >= 0.3 is 11.7 Å². The molecular formula is C26H26N4O3. The van der Waals surface area contributed by atoms with E-state index in [1.165, 1.54) is 4.57 Å². The van der Waals surface area contributed by atoms with Gasteiger partial charge in [0, 0.05) is 23.2 Å². The zero-order valence-corrected chi connectivity index (χ0v) is 18.4. The molecule has 3 aromatic rings. The van der Waals surface area contributed by atoms with Crippen LogP contribution in [0.5, 0.6) is 0 Å². The lowest BCUT2D eigenvalue weighted by atomic mass is 9.76. The van der Waals surface area contributed by atoms with Gasteiger partial charge in [-0.15, -0.1) is 0 Å². The highest BCUT2D eigenvalue weighted by molar-refractivity contribution is 6.04. The Morgan fingerprint density at radius 3 is 2.30 bits per heavy atom.